The molecule has 0 spiro atoms. The maximum Gasteiger partial charge on any atom is 0.404 e. The van der Waals surface area contributed by atoms with Gasteiger partial charge in [0, 0.05) is 40.8 Å². The van der Waals surface area contributed by atoms with Gasteiger partial charge in [0.2, 0.25) is 0 Å². The Morgan fingerprint density at radius 2 is 2.00 bits per heavy atom. The van der Waals surface area contributed by atoms with E-state index in [4.69, 9.17) is 0 Å². The van der Waals surface area contributed by atoms with Gasteiger partial charge in [0.15, 0.2) is 0 Å². The van der Waals surface area contributed by atoms with Crippen molar-refractivity contribution < 1.29 is 50.4 Å². The van der Waals surface area contributed by atoms with Crippen LogP contribution in [0.3, 0.4) is 0 Å². The first-order valence-electron chi connectivity index (χ1n) is 1.11. The Morgan fingerprint density at radius 1 is 1.83 bits per heavy atom. The van der Waals surface area contributed by atoms with Crippen LogP contribution in [0.4, 0.5) is 4.79 Å². The Bertz CT molecular complexity index is 46.8. The quantitative estimate of drug-likeness (QED) is 0.609. The number of hydrogen-bond acceptors (Lipinski definition) is 2. The SMILES string of the molecule is COC(N)=O.[Nd]. The molecule has 0 saturated heterocycles. The van der Waals surface area contributed by atoms with E-state index in [1.807, 2.05) is 0 Å². The molecule has 34 valence electrons. The van der Waals surface area contributed by atoms with Crippen molar-refractivity contribution in [2.75, 3.05) is 7.11 Å². The number of amides is 1. The van der Waals surface area contributed by atoms with Gasteiger partial charge in [-0.25, -0.2) is 4.79 Å². The first-order valence-corrected chi connectivity index (χ1v) is 1.11. The molecule has 4 heteroatoms. The molecule has 0 aromatic carbocycles. The maximum absolute atomic E-state index is 9.37. The average Bonchev–Trinajstić information content (AvgIpc) is 1.38. The molecule has 0 bridgehead atoms. The molecule has 0 saturated carbocycles. The minimum absolute atomic E-state index is 0. The number of ether oxygens (including phenoxy) is 1. The molecule has 2 N–H and O–H groups in total. The molecule has 0 radical (unpaired) electrons. The molecule has 3 nitrogen and oxygen atoms in total. The summed E-state index contributed by atoms with van der Waals surface area (Å²) in [5, 5.41) is 0. The molecule has 0 aromatic heterocycles. The summed E-state index contributed by atoms with van der Waals surface area (Å²) in [7, 11) is 1.22. The second-order valence-corrected chi connectivity index (χ2v) is 0.523. The third-order valence-corrected chi connectivity index (χ3v) is 0.201. The van der Waals surface area contributed by atoms with Gasteiger partial charge in [-0.1, -0.05) is 0 Å². The van der Waals surface area contributed by atoms with Crippen molar-refractivity contribution in [3.8, 4) is 0 Å². The van der Waals surface area contributed by atoms with E-state index in [-0.39, 0.29) is 40.8 Å². The number of primary amides is 1. The molecule has 0 atom stereocenters. The van der Waals surface area contributed by atoms with Crippen LogP contribution in [-0.2, 0) is 4.74 Å². The van der Waals surface area contributed by atoms with Crippen LogP contribution in [0, 0.1) is 40.8 Å². The van der Waals surface area contributed by atoms with Crippen LogP contribution in [0.25, 0.3) is 0 Å². The summed E-state index contributed by atoms with van der Waals surface area (Å²) in [5.41, 5.74) is 4.43. The van der Waals surface area contributed by atoms with E-state index < -0.39 is 6.09 Å². The van der Waals surface area contributed by atoms with Crippen LogP contribution in [0.1, 0.15) is 0 Å². The molecule has 0 heterocycles. The van der Waals surface area contributed by atoms with Crippen molar-refractivity contribution in [1.29, 1.82) is 0 Å². The number of methoxy groups -OCH3 is 1. The second-order valence-electron chi connectivity index (χ2n) is 0.523. The van der Waals surface area contributed by atoms with Crippen molar-refractivity contribution in [2.45, 2.75) is 0 Å². The maximum atomic E-state index is 9.37. The Hall–Kier alpha value is 0.621. The van der Waals surface area contributed by atoms with E-state index in [1.54, 1.807) is 0 Å². The molecule has 0 aromatic rings. The van der Waals surface area contributed by atoms with Crippen molar-refractivity contribution >= 4 is 6.09 Å². The van der Waals surface area contributed by atoms with Gasteiger partial charge >= 0.3 is 6.09 Å². The van der Waals surface area contributed by atoms with Crippen LogP contribution >= 0.6 is 0 Å². The van der Waals surface area contributed by atoms with E-state index in [1.165, 1.54) is 7.11 Å². The monoisotopic (exact) mass is 217 g/mol. The topological polar surface area (TPSA) is 52.3 Å². The summed E-state index contributed by atoms with van der Waals surface area (Å²) in [6.07, 6.45) is -0.745. The Labute approximate surface area is 68.7 Å². The first-order chi connectivity index (χ1) is 2.27. The largest absolute Gasteiger partial charge is 0.453 e. The average molecular weight is 219 g/mol. The van der Waals surface area contributed by atoms with E-state index in [0.717, 1.165) is 0 Å². The molecule has 0 aliphatic rings. The fourth-order valence-corrected chi connectivity index (χ4v) is 0. The molecule has 0 aliphatic heterocycles. The number of hydrogen-bond donors (Lipinski definition) is 1. The molecular formula is C2H5NNdO2. The van der Waals surface area contributed by atoms with Gasteiger partial charge in [0.05, 0.1) is 7.11 Å². The molecular weight excluding hydrogens is 214 g/mol. The first kappa shape index (κ1) is 9.80. The van der Waals surface area contributed by atoms with E-state index in [0.29, 0.717) is 0 Å². The predicted octanol–water partition coefficient (Wildman–Crippen LogP) is -0.288. The zero-order valence-corrected chi connectivity index (χ0v) is 6.60. The minimum Gasteiger partial charge on any atom is -0.453 e. The van der Waals surface area contributed by atoms with Gasteiger partial charge in [0.1, 0.15) is 0 Å². The second kappa shape index (κ2) is 5.62. The summed E-state index contributed by atoms with van der Waals surface area (Å²) in [5.74, 6) is 0. The van der Waals surface area contributed by atoms with Crippen LogP contribution in [0.15, 0.2) is 0 Å². The van der Waals surface area contributed by atoms with Crippen LogP contribution < -0.4 is 5.73 Å². The van der Waals surface area contributed by atoms with E-state index in [2.05, 4.69) is 10.5 Å². The normalized spacial score (nSPS) is 5.50. The van der Waals surface area contributed by atoms with E-state index >= 15 is 0 Å². The molecule has 0 aliphatic carbocycles. The Morgan fingerprint density at radius 3 is 2.00 bits per heavy atom. The molecule has 0 fully saturated rings. The molecule has 1 amide bonds. The van der Waals surface area contributed by atoms with Gasteiger partial charge in [-0.2, -0.15) is 0 Å². The van der Waals surface area contributed by atoms with Crippen molar-refractivity contribution in [3.05, 3.63) is 0 Å². The van der Waals surface area contributed by atoms with Crippen molar-refractivity contribution in [1.82, 2.24) is 0 Å². The van der Waals surface area contributed by atoms with Gasteiger partial charge < -0.3 is 10.5 Å². The van der Waals surface area contributed by atoms with Crippen LogP contribution in [0.5, 0.6) is 0 Å². The molecule has 0 unspecified atom stereocenters. The third-order valence-electron chi connectivity index (χ3n) is 0.201. The third kappa shape index (κ3) is 8.82. The predicted molar refractivity (Wildman–Crippen MR) is 16.6 cm³/mol. The van der Waals surface area contributed by atoms with Gasteiger partial charge in [0.25, 0.3) is 0 Å². The standard InChI is InChI=1S/C2H5NO2.Nd/c1-5-2(3)4;/h1H3,(H2,3,4);. The summed E-state index contributed by atoms with van der Waals surface area (Å²) in [6.45, 7) is 0. The summed E-state index contributed by atoms with van der Waals surface area (Å²) >= 11 is 0. The minimum atomic E-state index is -0.745. The van der Waals surface area contributed by atoms with Gasteiger partial charge in [-0.3, -0.25) is 0 Å². The zero-order valence-electron chi connectivity index (χ0n) is 3.39. The fraction of sp³-hybridized carbons (Fsp3) is 0.500. The fourth-order valence-electron chi connectivity index (χ4n) is 0. The van der Waals surface area contributed by atoms with Gasteiger partial charge in [-0.05, 0) is 0 Å². The Kier molecular flexibility index (Phi) is 9.18. The molecule has 6 heavy (non-hydrogen) atoms. The zero-order chi connectivity index (χ0) is 4.28. The van der Waals surface area contributed by atoms with Gasteiger partial charge in [-0.15, -0.1) is 0 Å². The summed E-state index contributed by atoms with van der Waals surface area (Å²) < 4.78 is 3.89. The smallest absolute Gasteiger partial charge is 0.404 e. The number of carbonyl (C=O) groups is 1. The van der Waals surface area contributed by atoms with Crippen molar-refractivity contribution in [2.24, 2.45) is 5.73 Å². The Balaban J connectivity index is 0. The summed E-state index contributed by atoms with van der Waals surface area (Å²) in [4.78, 5) is 9.37. The number of nitrogens with two attached hydrogens (primary N) is 1. The number of rotatable bonds is 0. The van der Waals surface area contributed by atoms with Crippen LogP contribution in [-0.4, -0.2) is 13.2 Å². The number of carbonyl (C=O) groups excluding carboxylic acids is 1. The van der Waals surface area contributed by atoms with E-state index in [9.17, 15) is 4.79 Å². The van der Waals surface area contributed by atoms with Crippen LogP contribution in [0.2, 0.25) is 0 Å². The molecule has 0 rings (SSSR count). The summed E-state index contributed by atoms with van der Waals surface area (Å²) in [6, 6.07) is 0. The van der Waals surface area contributed by atoms with Crippen molar-refractivity contribution in [3.63, 3.8) is 0 Å².